The third-order valence-corrected chi connectivity index (χ3v) is 7.87. The molecule has 0 unspecified atom stereocenters. The largest absolute Gasteiger partial charge is 0.507 e. The Morgan fingerprint density at radius 3 is 1.27 bits per heavy atom. The SMILES string of the molecule is Oc1c(-c2cn(-c3ccccc3)nn2)cc2ccccc2c1-c1c(O)c(-c2cn(-c3ccccc3)nn2)cc2ccccc12. The quantitative estimate of drug-likeness (QED) is 0.221. The van der Waals surface area contributed by atoms with Crippen LogP contribution in [0.25, 0.3) is 66.6 Å². The van der Waals surface area contributed by atoms with Gasteiger partial charge in [0.1, 0.15) is 22.9 Å². The van der Waals surface area contributed by atoms with Crippen molar-refractivity contribution < 1.29 is 10.2 Å². The Balaban J connectivity index is 1.38. The fourth-order valence-electron chi connectivity index (χ4n) is 5.76. The zero-order chi connectivity index (χ0) is 29.6. The number of hydrogen-bond acceptors (Lipinski definition) is 6. The van der Waals surface area contributed by atoms with Crippen LogP contribution in [0.5, 0.6) is 11.5 Å². The summed E-state index contributed by atoms with van der Waals surface area (Å²) in [5.74, 6) is -0.0105. The van der Waals surface area contributed by atoms with E-state index in [9.17, 15) is 10.2 Å². The van der Waals surface area contributed by atoms with Gasteiger partial charge >= 0.3 is 0 Å². The van der Waals surface area contributed by atoms with Gasteiger partial charge in [0.25, 0.3) is 0 Å². The van der Waals surface area contributed by atoms with Gasteiger partial charge in [-0.25, -0.2) is 9.36 Å². The lowest BCUT2D eigenvalue weighted by atomic mass is 9.88. The van der Waals surface area contributed by atoms with Gasteiger partial charge in [-0.1, -0.05) is 95.4 Å². The van der Waals surface area contributed by atoms with E-state index < -0.39 is 0 Å². The van der Waals surface area contributed by atoms with E-state index in [4.69, 9.17) is 0 Å². The van der Waals surface area contributed by atoms with E-state index in [2.05, 4.69) is 20.6 Å². The first-order valence-electron chi connectivity index (χ1n) is 14.1. The van der Waals surface area contributed by atoms with Crippen LogP contribution in [0.15, 0.2) is 134 Å². The highest BCUT2D eigenvalue weighted by molar-refractivity contribution is 6.13. The maximum atomic E-state index is 12.1. The van der Waals surface area contributed by atoms with E-state index in [0.717, 1.165) is 32.9 Å². The molecule has 2 N–H and O–H groups in total. The number of hydrogen-bond donors (Lipinski definition) is 2. The van der Waals surface area contributed by atoms with Gasteiger partial charge in [-0.15, -0.1) is 10.2 Å². The fourth-order valence-corrected chi connectivity index (χ4v) is 5.76. The minimum Gasteiger partial charge on any atom is -0.507 e. The first-order valence-corrected chi connectivity index (χ1v) is 14.1. The molecule has 2 heterocycles. The van der Waals surface area contributed by atoms with Crippen LogP contribution in [0.3, 0.4) is 0 Å². The Hall–Kier alpha value is -6.28. The van der Waals surface area contributed by atoms with Gasteiger partial charge in [0, 0.05) is 22.3 Å². The van der Waals surface area contributed by atoms with Crippen LogP contribution in [0.2, 0.25) is 0 Å². The molecule has 8 nitrogen and oxygen atoms in total. The Kier molecular flexibility index (Phi) is 5.90. The molecule has 0 aliphatic carbocycles. The zero-order valence-electron chi connectivity index (χ0n) is 23.3. The molecule has 8 heteroatoms. The molecular weight excluding hydrogens is 548 g/mol. The summed E-state index contributed by atoms with van der Waals surface area (Å²) in [7, 11) is 0. The molecule has 210 valence electrons. The molecule has 0 amide bonds. The summed E-state index contributed by atoms with van der Waals surface area (Å²) in [5.41, 5.74) is 4.72. The van der Waals surface area contributed by atoms with Crippen molar-refractivity contribution in [2.75, 3.05) is 0 Å². The van der Waals surface area contributed by atoms with Crippen molar-refractivity contribution in [2.24, 2.45) is 0 Å². The van der Waals surface area contributed by atoms with Gasteiger partial charge in [0.05, 0.1) is 23.8 Å². The third-order valence-electron chi connectivity index (χ3n) is 7.87. The second-order valence-corrected chi connectivity index (χ2v) is 10.5. The topological polar surface area (TPSA) is 102 Å². The summed E-state index contributed by atoms with van der Waals surface area (Å²) in [4.78, 5) is 0. The van der Waals surface area contributed by atoms with Gasteiger partial charge in [-0.05, 0) is 57.9 Å². The molecule has 0 aliphatic heterocycles. The lowest BCUT2D eigenvalue weighted by Gasteiger charge is -2.18. The molecule has 0 spiro atoms. The monoisotopic (exact) mass is 572 g/mol. The molecular formula is C36H24N6O2. The van der Waals surface area contributed by atoms with E-state index in [1.807, 2.05) is 121 Å². The number of nitrogens with zero attached hydrogens (tertiary/aromatic N) is 6. The standard InChI is InChI=1S/C36H24N6O2/c43-35-29(31-21-41(39-37-31)25-13-3-1-4-14-25)19-23-11-7-9-17-27(23)33(35)34-28-18-10-8-12-24(28)20-30(36(34)44)32-22-42(40-38-32)26-15-5-2-6-16-26/h1-22,43-44H. The molecule has 6 aromatic carbocycles. The average molecular weight is 573 g/mol. The van der Waals surface area contributed by atoms with Crippen LogP contribution in [0.4, 0.5) is 0 Å². The van der Waals surface area contributed by atoms with Gasteiger partial charge in [0.15, 0.2) is 0 Å². The summed E-state index contributed by atoms with van der Waals surface area (Å²) in [5, 5.41) is 44.9. The molecule has 0 atom stereocenters. The Morgan fingerprint density at radius 2 is 0.841 bits per heavy atom. The first kappa shape index (κ1) is 25.4. The minimum atomic E-state index is -0.00523. The minimum absolute atomic E-state index is 0.00523. The maximum absolute atomic E-state index is 12.1. The highest BCUT2D eigenvalue weighted by Gasteiger charge is 2.25. The van der Waals surface area contributed by atoms with Crippen molar-refractivity contribution in [3.63, 3.8) is 0 Å². The average Bonchev–Trinajstić information content (AvgIpc) is 3.77. The lowest BCUT2D eigenvalue weighted by Crippen LogP contribution is -1.93. The van der Waals surface area contributed by atoms with Gasteiger partial charge in [-0.2, -0.15) is 0 Å². The van der Waals surface area contributed by atoms with Crippen molar-refractivity contribution in [3.8, 4) is 56.5 Å². The van der Waals surface area contributed by atoms with Crippen LogP contribution in [-0.2, 0) is 0 Å². The van der Waals surface area contributed by atoms with Gasteiger partial charge < -0.3 is 10.2 Å². The number of aromatic nitrogens is 6. The van der Waals surface area contributed by atoms with Crippen LogP contribution >= 0.6 is 0 Å². The summed E-state index contributed by atoms with van der Waals surface area (Å²) in [6.45, 7) is 0. The predicted octanol–water partition coefficient (Wildman–Crippen LogP) is 7.57. The van der Waals surface area contributed by atoms with Crippen molar-refractivity contribution in [2.45, 2.75) is 0 Å². The molecule has 0 bridgehead atoms. The second-order valence-electron chi connectivity index (χ2n) is 10.5. The molecule has 0 saturated heterocycles. The van der Waals surface area contributed by atoms with Crippen molar-refractivity contribution >= 4 is 21.5 Å². The number of benzene rings is 6. The highest BCUT2D eigenvalue weighted by Crippen LogP contribution is 2.50. The molecule has 8 rings (SSSR count). The van der Waals surface area contributed by atoms with E-state index in [0.29, 0.717) is 33.6 Å². The number of fused-ring (bicyclic) bond motifs is 2. The molecule has 0 radical (unpaired) electrons. The van der Waals surface area contributed by atoms with E-state index in [1.165, 1.54) is 0 Å². The van der Waals surface area contributed by atoms with Gasteiger partial charge in [-0.3, -0.25) is 0 Å². The van der Waals surface area contributed by atoms with Crippen LogP contribution in [-0.4, -0.2) is 40.2 Å². The summed E-state index contributed by atoms with van der Waals surface area (Å²) in [6.07, 6.45) is 3.58. The highest BCUT2D eigenvalue weighted by atomic mass is 16.3. The first-order chi connectivity index (χ1) is 21.7. The molecule has 0 fully saturated rings. The van der Waals surface area contributed by atoms with Crippen molar-refractivity contribution in [3.05, 3.63) is 134 Å². The zero-order valence-corrected chi connectivity index (χ0v) is 23.3. The predicted molar refractivity (Wildman–Crippen MR) is 171 cm³/mol. The third kappa shape index (κ3) is 4.16. The Labute approximate surface area is 251 Å². The van der Waals surface area contributed by atoms with Crippen molar-refractivity contribution in [1.82, 2.24) is 30.0 Å². The maximum Gasteiger partial charge on any atom is 0.133 e. The van der Waals surface area contributed by atoms with Crippen molar-refractivity contribution in [1.29, 1.82) is 0 Å². The Bertz CT molecular complexity index is 2140. The van der Waals surface area contributed by atoms with E-state index >= 15 is 0 Å². The van der Waals surface area contributed by atoms with Crippen LogP contribution in [0.1, 0.15) is 0 Å². The number of rotatable bonds is 5. The fraction of sp³-hybridized carbons (Fsp3) is 0. The Morgan fingerprint density at radius 1 is 0.455 bits per heavy atom. The van der Waals surface area contributed by atoms with E-state index in [1.54, 1.807) is 21.8 Å². The van der Waals surface area contributed by atoms with E-state index in [-0.39, 0.29) is 11.5 Å². The number of phenolic OH excluding ortho intramolecular Hbond substituents is 2. The second kappa shape index (κ2) is 10.2. The summed E-state index contributed by atoms with van der Waals surface area (Å²) >= 11 is 0. The summed E-state index contributed by atoms with van der Waals surface area (Å²) < 4.78 is 3.35. The normalized spacial score (nSPS) is 11.4. The molecule has 0 aliphatic rings. The molecule has 2 aromatic heterocycles. The number of phenols is 2. The number of aromatic hydroxyl groups is 2. The molecule has 44 heavy (non-hydrogen) atoms. The number of para-hydroxylation sites is 2. The van der Waals surface area contributed by atoms with Gasteiger partial charge in [0.2, 0.25) is 0 Å². The van der Waals surface area contributed by atoms with Crippen LogP contribution in [0, 0.1) is 0 Å². The smallest absolute Gasteiger partial charge is 0.133 e. The molecule has 0 saturated carbocycles. The van der Waals surface area contributed by atoms with Crippen LogP contribution < -0.4 is 0 Å². The lowest BCUT2D eigenvalue weighted by molar-refractivity contribution is 0.472. The molecule has 8 aromatic rings. The summed E-state index contributed by atoms with van der Waals surface area (Å²) in [6, 6.07) is 38.8.